The molecule has 2 amide bonds. The molecule has 1 aromatic carbocycles. The Morgan fingerprint density at radius 3 is 2.32 bits per heavy atom. The van der Waals surface area contributed by atoms with Crippen LogP contribution in [0, 0.1) is 0 Å². The van der Waals surface area contributed by atoms with Crippen molar-refractivity contribution in [2.24, 2.45) is 10.8 Å². The number of rotatable bonds is 4. The minimum absolute atomic E-state index is 0.134. The van der Waals surface area contributed by atoms with E-state index in [2.05, 4.69) is 15.0 Å². The van der Waals surface area contributed by atoms with Crippen LogP contribution in [0.5, 0.6) is 0 Å². The molecule has 0 saturated carbocycles. The molecule has 1 saturated heterocycles. The lowest BCUT2D eigenvalue weighted by atomic mass is 10.1. The van der Waals surface area contributed by atoms with Crippen molar-refractivity contribution in [3.05, 3.63) is 54.7 Å². The molecule has 2 aliphatic rings. The molecule has 0 bridgehead atoms. The van der Waals surface area contributed by atoms with Crippen molar-refractivity contribution in [2.75, 3.05) is 36.1 Å². The summed E-state index contributed by atoms with van der Waals surface area (Å²) in [6.45, 7) is 2.58. The molecule has 0 spiro atoms. The molecule has 1 fully saturated rings. The van der Waals surface area contributed by atoms with Crippen molar-refractivity contribution in [3.63, 3.8) is 0 Å². The molecule has 2 aromatic rings. The Morgan fingerprint density at radius 2 is 1.68 bits per heavy atom. The van der Waals surface area contributed by atoms with Crippen LogP contribution in [0.2, 0.25) is 0 Å². The maximum Gasteiger partial charge on any atom is 0.270 e. The van der Waals surface area contributed by atoms with E-state index in [1.54, 1.807) is 16.1 Å². The standard InChI is InChI=1S/C20H22N6O2/c21-19(27)17-14-16(23-26(17)15-6-2-1-3-7-15)20(28)25-12-10-24(11-13-25)18-8-4-5-9-22-18/h1-9,17H,10-14H2,(H2,21,27). The molecule has 4 rings (SSSR count). The molecule has 0 radical (unpaired) electrons. The fourth-order valence-corrected chi connectivity index (χ4v) is 3.54. The van der Waals surface area contributed by atoms with E-state index in [9.17, 15) is 9.59 Å². The first-order chi connectivity index (χ1) is 13.6. The molecule has 8 heteroatoms. The highest BCUT2D eigenvalue weighted by Crippen LogP contribution is 2.25. The largest absolute Gasteiger partial charge is 0.368 e. The predicted octanol–water partition coefficient (Wildman–Crippen LogP) is 0.850. The average Bonchev–Trinajstić information content (AvgIpc) is 3.20. The first-order valence-corrected chi connectivity index (χ1v) is 9.30. The van der Waals surface area contributed by atoms with Gasteiger partial charge in [-0.15, -0.1) is 0 Å². The number of amides is 2. The van der Waals surface area contributed by atoms with Gasteiger partial charge >= 0.3 is 0 Å². The summed E-state index contributed by atoms with van der Waals surface area (Å²) in [4.78, 5) is 33.2. The van der Waals surface area contributed by atoms with Crippen molar-refractivity contribution >= 4 is 29.0 Å². The highest BCUT2D eigenvalue weighted by Gasteiger charge is 2.37. The highest BCUT2D eigenvalue weighted by atomic mass is 16.2. The van der Waals surface area contributed by atoms with E-state index < -0.39 is 11.9 Å². The molecule has 144 valence electrons. The molecule has 3 heterocycles. The third-order valence-corrected chi connectivity index (χ3v) is 5.05. The van der Waals surface area contributed by atoms with Crippen LogP contribution in [0.4, 0.5) is 11.5 Å². The van der Waals surface area contributed by atoms with Gasteiger partial charge in [0.15, 0.2) is 0 Å². The predicted molar refractivity (Wildman–Crippen MR) is 107 cm³/mol. The first kappa shape index (κ1) is 18.0. The molecule has 1 atom stereocenters. The van der Waals surface area contributed by atoms with E-state index in [-0.39, 0.29) is 12.3 Å². The van der Waals surface area contributed by atoms with Crippen LogP contribution in [-0.2, 0) is 9.59 Å². The fourth-order valence-electron chi connectivity index (χ4n) is 3.54. The normalized spacial score (nSPS) is 19.5. The van der Waals surface area contributed by atoms with Crippen LogP contribution in [0.3, 0.4) is 0 Å². The van der Waals surface area contributed by atoms with Crippen molar-refractivity contribution in [1.82, 2.24) is 9.88 Å². The Morgan fingerprint density at radius 1 is 0.964 bits per heavy atom. The molecule has 28 heavy (non-hydrogen) atoms. The van der Waals surface area contributed by atoms with Crippen molar-refractivity contribution in [3.8, 4) is 0 Å². The second-order valence-electron chi connectivity index (χ2n) is 6.82. The molecule has 2 aliphatic heterocycles. The number of hydrogen-bond donors (Lipinski definition) is 1. The monoisotopic (exact) mass is 378 g/mol. The van der Waals surface area contributed by atoms with E-state index in [0.29, 0.717) is 31.9 Å². The van der Waals surface area contributed by atoms with Crippen LogP contribution in [0.1, 0.15) is 6.42 Å². The molecular formula is C20H22N6O2. The molecule has 8 nitrogen and oxygen atoms in total. The quantitative estimate of drug-likeness (QED) is 0.851. The number of primary amides is 1. The number of nitrogens with two attached hydrogens (primary N) is 1. The second-order valence-corrected chi connectivity index (χ2v) is 6.82. The van der Waals surface area contributed by atoms with Gasteiger partial charge in [0.2, 0.25) is 5.91 Å². The molecule has 1 unspecified atom stereocenters. The third-order valence-electron chi connectivity index (χ3n) is 5.05. The topological polar surface area (TPSA) is 95.1 Å². The lowest BCUT2D eigenvalue weighted by molar-refractivity contribution is -0.124. The molecular weight excluding hydrogens is 356 g/mol. The average molecular weight is 378 g/mol. The summed E-state index contributed by atoms with van der Waals surface area (Å²) in [7, 11) is 0. The maximum atomic E-state index is 13.0. The summed E-state index contributed by atoms with van der Waals surface area (Å²) in [6.07, 6.45) is 1.99. The van der Waals surface area contributed by atoms with E-state index in [4.69, 9.17) is 5.73 Å². The van der Waals surface area contributed by atoms with Crippen LogP contribution in [0.15, 0.2) is 59.8 Å². The van der Waals surface area contributed by atoms with Gasteiger partial charge in [0.1, 0.15) is 17.6 Å². The van der Waals surface area contributed by atoms with Crippen LogP contribution >= 0.6 is 0 Å². The zero-order chi connectivity index (χ0) is 19.5. The number of carbonyl (C=O) groups excluding carboxylic acids is 2. The van der Waals surface area contributed by atoms with E-state index in [1.807, 2.05) is 48.5 Å². The van der Waals surface area contributed by atoms with Gasteiger partial charge in [-0.1, -0.05) is 24.3 Å². The number of para-hydroxylation sites is 1. The van der Waals surface area contributed by atoms with Crippen molar-refractivity contribution < 1.29 is 9.59 Å². The zero-order valence-corrected chi connectivity index (χ0v) is 15.4. The number of hydrogen-bond acceptors (Lipinski definition) is 6. The molecule has 2 N–H and O–H groups in total. The van der Waals surface area contributed by atoms with Gasteiger partial charge in [0, 0.05) is 38.8 Å². The van der Waals surface area contributed by atoms with Gasteiger partial charge in [-0.2, -0.15) is 5.10 Å². The van der Waals surface area contributed by atoms with Gasteiger partial charge in [-0.25, -0.2) is 4.98 Å². The number of carbonyl (C=O) groups is 2. The minimum Gasteiger partial charge on any atom is -0.368 e. The summed E-state index contributed by atoms with van der Waals surface area (Å²) >= 11 is 0. The van der Waals surface area contributed by atoms with Crippen molar-refractivity contribution in [1.29, 1.82) is 0 Å². The summed E-state index contributed by atoms with van der Waals surface area (Å²) in [5.41, 5.74) is 6.67. The van der Waals surface area contributed by atoms with Gasteiger partial charge in [0.25, 0.3) is 5.91 Å². The summed E-state index contributed by atoms with van der Waals surface area (Å²) in [5, 5.41) is 6.00. The van der Waals surface area contributed by atoms with E-state index in [1.165, 1.54) is 0 Å². The Labute approximate surface area is 163 Å². The fraction of sp³-hybridized carbons (Fsp3) is 0.300. The lowest BCUT2D eigenvalue weighted by Gasteiger charge is -2.35. The second kappa shape index (κ2) is 7.67. The lowest BCUT2D eigenvalue weighted by Crippen LogP contribution is -2.51. The molecule has 1 aromatic heterocycles. The summed E-state index contributed by atoms with van der Waals surface area (Å²) < 4.78 is 0. The Balaban J connectivity index is 1.45. The Hall–Kier alpha value is -3.42. The van der Waals surface area contributed by atoms with E-state index in [0.717, 1.165) is 11.5 Å². The minimum atomic E-state index is -0.642. The summed E-state index contributed by atoms with van der Waals surface area (Å²) in [6, 6.07) is 14.5. The third kappa shape index (κ3) is 3.53. The first-order valence-electron chi connectivity index (χ1n) is 9.30. The van der Waals surface area contributed by atoms with Gasteiger partial charge < -0.3 is 15.5 Å². The van der Waals surface area contributed by atoms with E-state index >= 15 is 0 Å². The number of hydrazone groups is 1. The maximum absolute atomic E-state index is 13.0. The SMILES string of the molecule is NC(=O)C1CC(C(=O)N2CCN(c3ccccn3)CC2)=NN1c1ccccc1. The molecule has 0 aliphatic carbocycles. The number of benzene rings is 1. The highest BCUT2D eigenvalue weighted by molar-refractivity contribution is 6.40. The summed E-state index contributed by atoms with van der Waals surface area (Å²) in [5.74, 6) is 0.289. The Kier molecular flexibility index (Phi) is 4.92. The number of piperazine rings is 1. The van der Waals surface area contributed by atoms with Crippen LogP contribution in [0.25, 0.3) is 0 Å². The number of aromatic nitrogens is 1. The van der Waals surface area contributed by atoms with Gasteiger partial charge in [-0.05, 0) is 24.3 Å². The number of anilines is 2. The van der Waals surface area contributed by atoms with Crippen LogP contribution in [-0.4, -0.2) is 59.6 Å². The zero-order valence-electron chi connectivity index (χ0n) is 15.4. The number of nitrogens with zero attached hydrogens (tertiary/aromatic N) is 5. The Bertz CT molecular complexity index is 878. The van der Waals surface area contributed by atoms with Crippen molar-refractivity contribution in [2.45, 2.75) is 12.5 Å². The smallest absolute Gasteiger partial charge is 0.270 e. The number of pyridine rings is 1. The van der Waals surface area contributed by atoms with Gasteiger partial charge in [0.05, 0.1) is 5.69 Å². The van der Waals surface area contributed by atoms with Crippen LogP contribution < -0.4 is 15.6 Å². The van der Waals surface area contributed by atoms with Gasteiger partial charge in [-0.3, -0.25) is 14.6 Å².